The Morgan fingerprint density at radius 2 is 1.83 bits per heavy atom. The Hall–Kier alpha value is -3.43. The van der Waals surface area contributed by atoms with Gasteiger partial charge in [0.15, 0.2) is 0 Å². The highest BCUT2D eigenvalue weighted by Crippen LogP contribution is 2.36. The van der Waals surface area contributed by atoms with Crippen LogP contribution in [0, 0.1) is 11.8 Å². The molecule has 2 aliphatic rings. The lowest BCUT2D eigenvalue weighted by Crippen LogP contribution is -2.38. The van der Waals surface area contributed by atoms with Crippen LogP contribution < -0.4 is 20.7 Å². The van der Waals surface area contributed by atoms with E-state index in [4.69, 9.17) is 10.5 Å². The number of likely N-dealkylation sites (tertiary alicyclic amines) is 1. The largest absolute Gasteiger partial charge is 0.495 e. The number of halogens is 3. The molecule has 1 unspecified atom stereocenters. The van der Waals surface area contributed by atoms with Crippen molar-refractivity contribution in [2.24, 2.45) is 17.6 Å². The van der Waals surface area contributed by atoms with Gasteiger partial charge in [0.1, 0.15) is 5.75 Å². The van der Waals surface area contributed by atoms with Crippen molar-refractivity contribution in [2.45, 2.75) is 32.0 Å². The fourth-order valence-electron chi connectivity index (χ4n) is 4.65. The first-order valence-corrected chi connectivity index (χ1v) is 11.6. The molecule has 2 aromatic carbocycles. The van der Waals surface area contributed by atoms with E-state index in [-0.39, 0.29) is 25.2 Å². The molecule has 188 valence electrons. The van der Waals surface area contributed by atoms with Gasteiger partial charge in [0.25, 0.3) is 0 Å². The number of hydrogen-bond donors (Lipinski definition) is 2. The summed E-state index contributed by atoms with van der Waals surface area (Å²) in [5.41, 5.74) is 8.64. The Balaban J connectivity index is 1.38. The minimum absolute atomic E-state index is 0.0994. The summed E-state index contributed by atoms with van der Waals surface area (Å²) in [7, 11) is 1.56. The van der Waals surface area contributed by atoms with Gasteiger partial charge in [-0.3, -0.25) is 9.59 Å². The van der Waals surface area contributed by atoms with Crippen molar-refractivity contribution in [3.63, 3.8) is 0 Å². The van der Waals surface area contributed by atoms with E-state index in [1.807, 2.05) is 47.4 Å². The number of primary amides is 1. The standard InChI is InChI=1S/C25H29F3N4O3/c1-35-22-12-16(14-32-15-17(24(29)34)13-23(32)33)2-7-21(22)30-19-3-5-20(6-4-19)31-10-8-18(9-11-31)25(26,27)28/h2-7,12,17-18,30H,8-11,13-15H2,1H3,(H2,29,34). The zero-order chi connectivity index (χ0) is 25.2. The van der Waals surface area contributed by atoms with Gasteiger partial charge in [0.2, 0.25) is 11.8 Å². The number of benzene rings is 2. The molecule has 2 saturated heterocycles. The number of piperidine rings is 1. The molecular formula is C25H29F3N4O3. The smallest absolute Gasteiger partial charge is 0.391 e. The van der Waals surface area contributed by atoms with Gasteiger partial charge in [-0.15, -0.1) is 0 Å². The van der Waals surface area contributed by atoms with Crippen LogP contribution in [0.3, 0.4) is 0 Å². The van der Waals surface area contributed by atoms with Gasteiger partial charge in [-0.25, -0.2) is 0 Å². The second kappa shape index (κ2) is 10.1. The summed E-state index contributed by atoms with van der Waals surface area (Å²) in [5, 5.41) is 3.30. The number of carbonyl (C=O) groups excluding carboxylic acids is 2. The normalized spacial score (nSPS) is 19.2. The molecule has 0 saturated carbocycles. The van der Waals surface area contributed by atoms with Crippen molar-refractivity contribution in [1.29, 1.82) is 0 Å². The third-order valence-electron chi connectivity index (χ3n) is 6.73. The quantitative estimate of drug-likeness (QED) is 0.612. The van der Waals surface area contributed by atoms with E-state index in [1.54, 1.807) is 12.0 Å². The minimum atomic E-state index is -4.12. The van der Waals surface area contributed by atoms with E-state index < -0.39 is 23.9 Å². The fraction of sp³-hybridized carbons (Fsp3) is 0.440. The van der Waals surface area contributed by atoms with Crippen LogP contribution in [0.5, 0.6) is 5.75 Å². The summed E-state index contributed by atoms with van der Waals surface area (Å²) in [5.74, 6) is -1.64. The third-order valence-corrected chi connectivity index (χ3v) is 6.73. The Morgan fingerprint density at radius 1 is 1.14 bits per heavy atom. The van der Waals surface area contributed by atoms with Gasteiger partial charge < -0.3 is 25.6 Å². The lowest BCUT2D eigenvalue weighted by molar-refractivity contribution is -0.179. The molecule has 7 nitrogen and oxygen atoms in total. The zero-order valence-corrected chi connectivity index (χ0v) is 19.5. The first-order chi connectivity index (χ1) is 16.6. The van der Waals surface area contributed by atoms with E-state index in [0.29, 0.717) is 31.9 Å². The van der Waals surface area contributed by atoms with Crippen molar-refractivity contribution >= 4 is 28.9 Å². The molecular weight excluding hydrogens is 461 g/mol. The van der Waals surface area contributed by atoms with Gasteiger partial charge in [-0.1, -0.05) is 6.07 Å². The van der Waals surface area contributed by atoms with Crippen molar-refractivity contribution in [2.75, 3.05) is 37.0 Å². The van der Waals surface area contributed by atoms with Crippen molar-refractivity contribution in [3.8, 4) is 5.75 Å². The second-order valence-electron chi connectivity index (χ2n) is 9.09. The second-order valence-corrected chi connectivity index (χ2v) is 9.09. The Kier molecular flexibility index (Phi) is 7.09. The van der Waals surface area contributed by atoms with E-state index in [2.05, 4.69) is 5.32 Å². The summed E-state index contributed by atoms with van der Waals surface area (Å²) in [4.78, 5) is 27.2. The van der Waals surface area contributed by atoms with Gasteiger partial charge in [-0.05, 0) is 54.8 Å². The fourth-order valence-corrected chi connectivity index (χ4v) is 4.65. The molecule has 1 atom stereocenters. The zero-order valence-electron chi connectivity index (χ0n) is 19.5. The van der Waals surface area contributed by atoms with Gasteiger partial charge in [-0.2, -0.15) is 13.2 Å². The Morgan fingerprint density at radius 3 is 2.40 bits per heavy atom. The number of methoxy groups -OCH3 is 1. The number of amides is 2. The number of carbonyl (C=O) groups is 2. The predicted octanol–water partition coefficient (Wildman–Crippen LogP) is 4.05. The molecule has 0 aliphatic carbocycles. The third kappa shape index (κ3) is 5.80. The number of anilines is 3. The van der Waals surface area contributed by atoms with Crippen LogP contribution in [0.4, 0.5) is 30.2 Å². The van der Waals surface area contributed by atoms with Crippen molar-refractivity contribution in [3.05, 3.63) is 48.0 Å². The number of nitrogens with two attached hydrogens (primary N) is 1. The SMILES string of the molecule is COc1cc(CN2CC(C(N)=O)CC2=O)ccc1Nc1ccc(N2CCC(C(F)(F)F)CC2)cc1. The van der Waals surface area contributed by atoms with Gasteiger partial charge >= 0.3 is 6.18 Å². The van der Waals surface area contributed by atoms with Gasteiger partial charge in [0.05, 0.1) is 24.6 Å². The molecule has 0 spiro atoms. The highest BCUT2D eigenvalue weighted by atomic mass is 19.4. The monoisotopic (exact) mass is 490 g/mol. The summed E-state index contributed by atoms with van der Waals surface area (Å²) in [6.07, 6.45) is -3.76. The van der Waals surface area contributed by atoms with Crippen LogP contribution in [0.25, 0.3) is 0 Å². The first kappa shape index (κ1) is 24.7. The van der Waals surface area contributed by atoms with Crippen molar-refractivity contribution in [1.82, 2.24) is 4.90 Å². The highest BCUT2D eigenvalue weighted by Gasteiger charge is 2.41. The van der Waals surface area contributed by atoms with E-state index in [9.17, 15) is 22.8 Å². The molecule has 0 aromatic heterocycles. The maximum atomic E-state index is 12.9. The Labute approximate surface area is 202 Å². The molecule has 3 N–H and O–H groups in total. The summed E-state index contributed by atoms with van der Waals surface area (Å²) >= 11 is 0. The molecule has 10 heteroatoms. The molecule has 0 bridgehead atoms. The van der Waals surface area contributed by atoms with Crippen molar-refractivity contribution < 1.29 is 27.5 Å². The number of nitrogens with one attached hydrogen (secondary N) is 1. The average molecular weight is 491 g/mol. The van der Waals surface area contributed by atoms with Crippen LogP contribution in [0.15, 0.2) is 42.5 Å². The maximum Gasteiger partial charge on any atom is 0.391 e. The van der Waals surface area contributed by atoms with Crippen LogP contribution in [0.2, 0.25) is 0 Å². The molecule has 4 rings (SSSR count). The van der Waals surface area contributed by atoms with E-state index in [1.165, 1.54) is 0 Å². The molecule has 35 heavy (non-hydrogen) atoms. The lowest BCUT2D eigenvalue weighted by Gasteiger charge is -2.34. The number of nitrogens with zero attached hydrogens (tertiary/aromatic N) is 2. The topological polar surface area (TPSA) is 87.9 Å². The Bertz CT molecular complexity index is 1070. The van der Waals surface area contributed by atoms with Gasteiger partial charge in [0, 0.05) is 44.0 Å². The van der Waals surface area contributed by atoms with E-state index >= 15 is 0 Å². The predicted molar refractivity (Wildman–Crippen MR) is 126 cm³/mol. The van der Waals surface area contributed by atoms with E-state index in [0.717, 1.165) is 22.6 Å². The molecule has 2 heterocycles. The molecule has 2 amide bonds. The number of hydrogen-bond acceptors (Lipinski definition) is 5. The molecule has 2 fully saturated rings. The van der Waals surface area contributed by atoms with Crippen LogP contribution in [0.1, 0.15) is 24.8 Å². The van der Waals surface area contributed by atoms with Crippen LogP contribution >= 0.6 is 0 Å². The number of rotatable bonds is 7. The average Bonchev–Trinajstić information content (AvgIpc) is 3.20. The molecule has 2 aliphatic heterocycles. The van der Waals surface area contributed by atoms with Crippen LogP contribution in [-0.4, -0.2) is 49.6 Å². The summed E-state index contributed by atoms with van der Waals surface area (Å²) in [6, 6.07) is 13.1. The number of ether oxygens (including phenoxy) is 1. The maximum absolute atomic E-state index is 12.9. The summed E-state index contributed by atoms with van der Waals surface area (Å²) < 4.78 is 44.3. The lowest BCUT2D eigenvalue weighted by atomic mass is 9.96. The van der Waals surface area contributed by atoms with Crippen LogP contribution in [-0.2, 0) is 16.1 Å². The minimum Gasteiger partial charge on any atom is -0.495 e. The molecule has 0 radical (unpaired) electrons. The summed E-state index contributed by atoms with van der Waals surface area (Å²) in [6.45, 7) is 1.44. The number of alkyl halides is 3. The molecule has 2 aromatic rings. The first-order valence-electron chi connectivity index (χ1n) is 11.6. The highest BCUT2D eigenvalue weighted by molar-refractivity contribution is 5.88.